The van der Waals surface area contributed by atoms with Gasteiger partial charge in [0.15, 0.2) is 11.0 Å². The lowest BCUT2D eigenvalue weighted by atomic mass is 9.79. The number of carboxylic acids is 1. The quantitative estimate of drug-likeness (QED) is 0.242. The van der Waals surface area contributed by atoms with E-state index in [1.807, 2.05) is 26.1 Å². The third kappa shape index (κ3) is 3.13. The van der Waals surface area contributed by atoms with Crippen LogP contribution in [0.1, 0.15) is 19.5 Å². The van der Waals surface area contributed by atoms with Gasteiger partial charge in [-0.05, 0) is 19.1 Å². The fraction of sp³-hybridized carbons (Fsp3) is 0.381. The van der Waals surface area contributed by atoms with Crippen LogP contribution in [0.5, 0.6) is 0 Å². The molecule has 1 aromatic carbocycles. The maximum Gasteiger partial charge on any atom is 0.353 e. The average molecular weight is 571 g/mol. The third-order valence-corrected chi connectivity index (χ3v) is 8.61. The number of hydrogen-bond acceptors (Lipinski definition) is 5. The summed E-state index contributed by atoms with van der Waals surface area (Å²) < 4.78 is 4.37. The number of carbonyl (C=O) groups excluding carboxylic acids is 1. The summed E-state index contributed by atoms with van der Waals surface area (Å²) in [5.41, 5.74) is 3.43. The summed E-state index contributed by atoms with van der Waals surface area (Å²) in [6, 6.07) is 7.92. The Morgan fingerprint density at radius 2 is 2.06 bits per heavy atom. The predicted molar refractivity (Wildman–Crippen MR) is 115 cm³/mol. The lowest BCUT2D eigenvalue weighted by Crippen LogP contribution is -3.00. The van der Waals surface area contributed by atoms with Crippen LogP contribution in [0.4, 0.5) is 0 Å². The number of aliphatic hydroxyl groups is 1. The van der Waals surface area contributed by atoms with E-state index in [-0.39, 0.29) is 47.5 Å². The van der Waals surface area contributed by atoms with Crippen molar-refractivity contribution in [3.8, 4) is 0 Å². The summed E-state index contributed by atoms with van der Waals surface area (Å²) in [5, 5.41) is 21.9. The Morgan fingerprint density at radius 3 is 2.74 bits per heavy atom. The Morgan fingerprint density at radius 1 is 1.35 bits per heavy atom. The SMILES string of the molecule is C[C@@H](O)[C@H]1C(=O)N2C(C(=O)O)=C(SCc3csc4n3c3ccccc3[n+]4C)[C@H](C)[C@H]12.[I-]. The minimum absolute atomic E-state index is 0. The number of carbonyl (C=O) groups is 2. The molecule has 2 aliphatic rings. The number of aliphatic carboxylic acids is 1. The standard InChI is InChI=1S/C21H21N3O4S2.HI/c1-10-16-15(11(2)25)19(26)24(16)17(20(27)28)18(10)29-8-12-9-30-21-22(3)13-6-4-5-7-14(13)23(12)21;/h4-7,9-11,15-16,25H,8H2,1-3H3;1H/t10-,11-,15-,16-;/m1./s1. The molecule has 0 radical (unpaired) electrons. The molecule has 164 valence electrons. The maximum atomic E-state index is 12.5. The van der Waals surface area contributed by atoms with Crippen LogP contribution in [0.2, 0.25) is 0 Å². The van der Waals surface area contributed by atoms with Gasteiger partial charge in [-0.3, -0.25) is 4.79 Å². The first-order chi connectivity index (χ1) is 14.3. The zero-order chi connectivity index (χ0) is 21.3. The number of thioether (sulfide) groups is 1. The molecule has 10 heteroatoms. The number of aliphatic hydroxyl groups excluding tert-OH is 1. The van der Waals surface area contributed by atoms with Crippen LogP contribution in [-0.4, -0.2) is 43.5 Å². The van der Waals surface area contributed by atoms with Gasteiger partial charge in [0.25, 0.3) is 0 Å². The molecular formula is C21H22IN3O4S2. The molecule has 1 fully saturated rings. The zero-order valence-electron chi connectivity index (χ0n) is 17.2. The van der Waals surface area contributed by atoms with Crippen molar-refractivity contribution in [3.05, 3.63) is 45.9 Å². The molecule has 0 aliphatic carbocycles. The van der Waals surface area contributed by atoms with E-state index in [4.69, 9.17) is 0 Å². The van der Waals surface area contributed by atoms with Gasteiger partial charge in [0.1, 0.15) is 11.4 Å². The molecule has 2 N–H and O–H groups in total. The molecule has 31 heavy (non-hydrogen) atoms. The molecule has 3 aromatic rings. The number of rotatable bonds is 5. The fourth-order valence-electron chi connectivity index (χ4n) is 4.84. The van der Waals surface area contributed by atoms with Crippen LogP contribution in [-0.2, 0) is 22.4 Å². The normalized spacial score (nSPS) is 23.8. The van der Waals surface area contributed by atoms with Crippen LogP contribution in [0.25, 0.3) is 16.0 Å². The molecule has 0 unspecified atom stereocenters. The number of aromatic nitrogens is 2. The molecule has 0 spiro atoms. The van der Waals surface area contributed by atoms with Gasteiger partial charge < -0.3 is 39.1 Å². The number of carboxylic acid groups (broad SMARTS) is 1. The Kier molecular flexibility index (Phi) is 5.86. The molecule has 5 rings (SSSR count). The van der Waals surface area contributed by atoms with Crippen molar-refractivity contribution < 1.29 is 48.3 Å². The van der Waals surface area contributed by atoms with Gasteiger partial charge in [0.2, 0.25) is 5.91 Å². The second-order valence-electron chi connectivity index (χ2n) is 7.95. The van der Waals surface area contributed by atoms with Crippen molar-refractivity contribution in [2.24, 2.45) is 18.9 Å². The number of benzene rings is 1. The highest BCUT2D eigenvalue weighted by molar-refractivity contribution is 8.02. The number of nitrogens with zero attached hydrogens (tertiary/aromatic N) is 3. The number of aryl methyl sites for hydroxylation is 1. The first-order valence-electron chi connectivity index (χ1n) is 9.79. The summed E-state index contributed by atoms with van der Waals surface area (Å²) >= 11 is 3.14. The Bertz CT molecular complexity index is 1250. The summed E-state index contributed by atoms with van der Waals surface area (Å²) in [6.07, 6.45) is -0.789. The lowest BCUT2D eigenvalue weighted by molar-refractivity contribution is -0.616. The number of imidazole rings is 1. The highest BCUT2D eigenvalue weighted by Crippen LogP contribution is 2.51. The van der Waals surface area contributed by atoms with Gasteiger partial charge in [-0.1, -0.05) is 30.4 Å². The van der Waals surface area contributed by atoms with Gasteiger partial charge in [-0.15, -0.1) is 11.8 Å². The van der Waals surface area contributed by atoms with Gasteiger partial charge >= 0.3 is 10.9 Å². The minimum atomic E-state index is -1.09. The molecule has 0 saturated carbocycles. The number of halogens is 1. The van der Waals surface area contributed by atoms with E-state index in [1.54, 1.807) is 18.3 Å². The second kappa shape index (κ2) is 8.05. The Hall–Kier alpha value is -1.63. The Labute approximate surface area is 204 Å². The van der Waals surface area contributed by atoms with Gasteiger partial charge in [0, 0.05) is 16.2 Å². The van der Waals surface area contributed by atoms with Crippen molar-refractivity contribution in [2.75, 3.05) is 0 Å². The molecule has 4 heterocycles. The van der Waals surface area contributed by atoms with Crippen LogP contribution < -0.4 is 28.5 Å². The monoisotopic (exact) mass is 571 g/mol. The number of β-lactam (4-membered cyclic amide) rings is 1. The number of hydrogen-bond donors (Lipinski definition) is 2. The zero-order valence-corrected chi connectivity index (χ0v) is 20.9. The number of para-hydroxylation sites is 2. The smallest absolute Gasteiger partial charge is 0.353 e. The van der Waals surface area contributed by atoms with Crippen LogP contribution >= 0.6 is 23.1 Å². The summed E-state index contributed by atoms with van der Waals surface area (Å²) in [4.78, 5) is 27.7. The average Bonchev–Trinajstić information content (AvgIpc) is 3.31. The molecule has 2 aromatic heterocycles. The minimum Gasteiger partial charge on any atom is -1.00 e. The summed E-state index contributed by atoms with van der Waals surface area (Å²) in [6.45, 7) is 3.55. The van der Waals surface area contributed by atoms with E-state index in [9.17, 15) is 19.8 Å². The third-order valence-electron chi connectivity index (χ3n) is 6.24. The van der Waals surface area contributed by atoms with Crippen LogP contribution in [0.15, 0.2) is 40.2 Å². The highest BCUT2D eigenvalue weighted by atomic mass is 127. The van der Waals surface area contributed by atoms with E-state index in [0.717, 1.165) is 21.7 Å². The van der Waals surface area contributed by atoms with E-state index >= 15 is 0 Å². The number of thiazole rings is 1. The van der Waals surface area contributed by atoms with Crippen molar-refractivity contribution in [1.29, 1.82) is 0 Å². The molecule has 0 bridgehead atoms. The van der Waals surface area contributed by atoms with Crippen molar-refractivity contribution in [1.82, 2.24) is 9.30 Å². The summed E-state index contributed by atoms with van der Waals surface area (Å²) in [5.74, 6) is -1.44. The predicted octanol–water partition coefficient (Wildman–Crippen LogP) is -0.631. The number of amides is 1. The molecule has 7 nitrogen and oxygen atoms in total. The number of fused-ring (bicyclic) bond motifs is 4. The molecule has 2 aliphatic heterocycles. The van der Waals surface area contributed by atoms with Crippen molar-refractivity contribution in [2.45, 2.75) is 31.7 Å². The first kappa shape index (κ1) is 22.6. The first-order valence-corrected chi connectivity index (χ1v) is 11.7. The van der Waals surface area contributed by atoms with Crippen molar-refractivity contribution >= 4 is 51.0 Å². The van der Waals surface area contributed by atoms with Crippen molar-refractivity contribution in [3.63, 3.8) is 0 Å². The lowest BCUT2D eigenvalue weighted by Gasteiger charge is -2.46. The molecule has 4 atom stereocenters. The fourth-order valence-corrected chi connectivity index (χ4v) is 7.20. The summed E-state index contributed by atoms with van der Waals surface area (Å²) in [7, 11) is 2.04. The van der Waals surface area contributed by atoms with Crippen LogP contribution in [0.3, 0.4) is 0 Å². The molecular weight excluding hydrogens is 549 g/mol. The van der Waals surface area contributed by atoms with E-state index in [2.05, 4.69) is 26.5 Å². The second-order valence-corrected chi connectivity index (χ2v) is 9.81. The van der Waals surface area contributed by atoms with Gasteiger partial charge in [0.05, 0.1) is 30.9 Å². The molecule has 1 amide bonds. The van der Waals surface area contributed by atoms with Crippen LogP contribution in [0, 0.1) is 11.8 Å². The maximum absolute atomic E-state index is 12.5. The largest absolute Gasteiger partial charge is 1.00 e. The molecule has 1 saturated heterocycles. The van der Waals surface area contributed by atoms with Gasteiger partial charge in [-0.25, -0.2) is 9.36 Å². The van der Waals surface area contributed by atoms with E-state index in [1.165, 1.54) is 16.7 Å². The van der Waals surface area contributed by atoms with E-state index < -0.39 is 18.0 Å². The van der Waals surface area contributed by atoms with Gasteiger partial charge in [-0.2, -0.15) is 4.40 Å². The Balaban J connectivity index is 0.00000231. The topological polar surface area (TPSA) is 86.1 Å². The highest BCUT2D eigenvalue weighted by Gasteiger charge is 2.60. The van der Waals surface area contributed by atoms with E-state index in [0.29, 0.717) is 10.7 Å².